The summed E-state index contributed by atoms with van der Waals surface area (Å²) in [5.41, 5.74) is 0.974. The number of carbonyl (C=O) groups excluding carboxylic acids is 2. The number of alkyl halides is 3. The lowest BCUT2D eigenvalue weighted by Crippen LogP contribution is -2.17. The van der Waals surface area contributed by atoms with E-state index in [1.807, 2.05) is 0 Å². The zero-order valence-corrected chi connectivity index (χ0v) is 15.9. The number of ether oxygens (including phenoxy) is 3. The van der Waals surface area contributed by atoms with Gasteiger partial charge < -0.3 is 14.2 Å². The van der Waals surface area contributed by atoms with E-state index in [0.717, 1.165) is 49.9 Å². The summed E-state index contributed by atoms with van der Waals surface area (Å²) in [7, 11) is 0. The number of halogens is 3. The summed E-state index contributed by atoms with van der Waals surface area (Å²) in [5, 5.41) is 0. The van der Waals surface area contributed by atoms with Gasteiger partial charge >= 0.3 is 18.3 Å². The van der Waals surface area contributed by atoms with E-state index < -0.39 is 24.1 Å². The van der Waals surface area contributed by atoms with Gasteiger partial charge in [0.25, 0.3) is 0 Å². The monoisotopic (exact) mass is 420 g/mol. The van der Waals surface area contributed by atoms with Crippen LogP contribution in [0.25, 0.3) is 0 Å². The van der Waals surface area contributed by atoms with Crippen LogP contribution >= 0.6 is 0 Å². The van der Waals surface area contributed by atoms with Crippen LogP contribution in [-0.2, 0) is 4.74 Å². The van der Waals surface area contributed by atoms with Crippen molar-refractivity contribution in [1.82, 2.24) is 0 Å². The Kier molecular flexibility index (Phi) is 5.40. The second-order valence-electron chi connectivity index (χ2n) is 7.41. The van der Waals surface area contributed by atoms with Crippen LogP contribution < -0.4 is 9.47 Å². The molecule has 1 heterocycles. The van der Waals surface area contributed by atoms with E-state index in [4.69, 9.17) is 9.47 Å². The normalized spacial score (nSPS) is 19.2. The van der Waals surface area contributed by atoms with Crippen molar-refractivity contribution in [3.05, 3.63) is 59.2 Å². The van der Waals surface area contributed by atoms with E-state index in [2.05, 4.69) is 4.74 Å². The molecule has 0 spiro atoms. The van der Waals surface area contributed by atoms with Crippen molar-refractivity contribution in [1.29, 1.82) is 0 Å². The maximum absolute atomic E-state index is 12.5. The quantitative estimate of drug-likeness (QED) is 0.476. The molecule has 0 aromatic heterocycles. The highest BCUT2D eigenvalue weighted by molar-refractivity contribution is 5.99. The maximum atomic E-state index is 12.5. The molecule has 0 saturated heterocycles. The maximum Gasteiger partial charge on any atom is 0.573 e. The summed E-state index contributed by atoms with van der Waals surface area (Å²) in [6.07, 6.45) is 0.163. The Balaban J connectivity index is 1.52. The minimum atomic E-state index is -4.82. The molecule has 2 aromatic carbocycles. The molecule has 1 saturated carbocycles. The molecule has 2 aromatic rings. The smallest absolute Gasteiger partial charge is 0.453 e. The number of hydrogen-bond donors (Lipinski definition) is 0. The molecule has 0 N–H and O–H groups in total. The topological polar surface area (TPSA) is 61.8 Å². The lowest BCUT2D eigenvalue weighted by Gasteiger charge is -2.26. The van der Waals surface area contributed by atoms with Gasteiger partial charge in [-0.2, -0.15) is 0 Å². The summed E-state index contributed by atoms with van der Waals surface area (Å²) in [6.45, 7) is 0. The van der Waals surface area contributed by atoms with Crippen LogP contribution in [0, 0.1) is 5.92 Å². The Morgan fingerprint density at radius 1 is 1.00 bits per heavy atom. The van der Waals surface area contributed by atoms with Gasteiger partial charge in [-0.25, -0.2) is 9.59 Å². The van der Waals surface area contributed by atoms with Crippen molar-refractivity contribution in [2.24, 2.45) is 5.92 Å². The lowest BCUT2D eigenvalue weighted by molar-refractivity contribution is -0.274. The van der Waals surface area contributed by atoms with Crippen LogP contribution in [0.1, 0.15) is 64.5 Å². The Labute approximate surface area is 170 Å². The van der Waals surface area contributed by atoms with Crippen molar-refractivity contribution in [3.8, 4) is 11.5 Å². The molecule has 30 heavy (non-hydrogen) atoms. The largest absolute Gasteiger partial charge is 0.573 e. The highest BCUT2D eigenvalue weighted by atomic mass is 19.4. The average molecular weight is 420 g/mol. The fourth-order valence-corrected chi connectivity index (χ4v) is 4.06. The summed E-state index contributed by atoms with van der Waals surface area (Å²) in [4.78, 5) is 25.0. The van der Waals surface area contributed by atoms with Gasteiger partial charge in [-0.05, 0) is 43.2 Å². The van der Waals surface area contributed by atoms with Gasteiger partial charge in [0.2, 0.25) is 0 Å². The minimum Gasteiger partial charge on any atom is -0.453 e. The molecule has 0 amide bonds. The van der Waals surface area contributed by atoms with Crippen molar-refractivity contribution >= 4 is 11.9 Å². The zero-order valence-electron chi connectivity index (χ0n) is 15.9. The second-order valence-corrected chi connectivity index (χ2v) is 7.41. The number of hydrogen-bond acceptors (Lipinski definition) is 5. The summed E-state index contributed by atoms with van der Waals surface area (Å²) < 4.78 is 51.6. The van der Waals surface area contributed by atoms with E-state index >= 15 is 0 Å². The number of rotatable bonds is 4. The van der Waals surface area contributed by atoms with Gasteiger partial charge in [0, 0.05) is 11.5 Å². The molecule has 1 fully saturated rings. The Hall–Kier alpha value is -3.03. The summed E-state index contributed by atoms with van der Waals surface area (Å²) in [6, 6.07) is 9.37. The second kappa shape index (κ2) is 8.01. The van der Waals surface area contributed by atoms with Crippen LogP contribution in [0.2, 0.25) is 0 Å². The molecule has 1 atom stereocenters. The fourth-order valence-electron chi connectivity index (χ4n) is 4.06. The molecule has 2 aliphatic rings. The summed E-state index contributed by atoms with van der Waals surface area (Å²) >= 11 is 0. The van der Waals surface area contributed by atoms with E-state index in [1.165, 1.54) is 12.5 Å². The fraction of sp³-hybridized carbons (Fsp3) is 0.364. The van der Waals surface area contributed by atoms with E-state index in [0.29, 0.717) is 5.56 Å². The number of cyclic esters (lactones) is 1. The van der Waals surface area contributed by atoms with Gasteiger partial charge in [-0.3, -0.25) is 0 Å². The van der Waals surface area contributed by atoms with Gasteiger partial charge in [-0.15, -0.1) is 13.2 Å². The summed E-state index contributed by atoms with van der Waals surface area (Å²) in [5.74, 6) is -1.44. The van der Waals surface area contributed by atoms with Crippen molar-refractivity contribution in [3.63, 3.8) is 0 Å². The molecule has 1 aliphatic heterocycles. The third kappa shape index (κ3) is 4.27. The highest BCUT2D eigenvalue weighted by Crippen LogP contribution is 2.45. The van der Waals surface area contributed by atoms with Crippen LogP contribution in [-0.4, -0.2) is 18.3 Å². The molecule has 1 aliphatic carbocycles. The predicted octanol–water partition coefficient (Wildman–Crippen LogP) is 5.60. The molecule has 4 rings (SSSR count). The number of esters is 2. The standard InChI is InChI=1S/C22H19F3O5/c23-22(24,25)30-15-11-9-14(10-12-15)20(26)28-17-8-4-7-16-18(17)21(27)29-19(16)13-5-2-1-3-6-13/h4,7-13,19H,1-3,5-6H2. The third-order valence-corrected chi connectivity index (χ3v) is 5.41. The van der Waals surface area contributed by atoms with E-state index in [-0.39, 0.29) is 28.9 Å². The molecule has 1 unspecified atom stereocenters. The third-order valence-electron chi connectivity index (χ3n) is 5.41. The minimum absolute atomic E-state index is 0.0253. The number of carbonyl (C=O) groups is 2. The SMILES string of the molecule is O=C(Oc1cccc2c1C(=O)OC2C1CCCCC1)c1ccc(OC(F)(F)F)cc1. The van der Waals surface area contributed by atoms with Crippen LogP contribution in [0.4, 0.5) is 13.2 Å². The first-order valence-corrected chi connectivity index (χ1v) is 9.74. The average Bonchev–Trinajstić information content (AvgIpc) is 3.06. The number of fused-ring (bicyclic) bond motifs is 1. The first-order chi connectivity index (χ1) is 14.3. The predicted molar refractivity (Wildman–Crippen MR) is 99.3 cm³/mol. The van der Waals surface area contributed by atoms with E-state index in [1.54, 1.807) is 12.1 Å². The van der Waals surface area contributed by atoms with Crippen LogP contribution in [0.5, 0.6) is 11.5 Å². The highest BCUT2D eigenvalue weighted by Gasteiger charge is 2.39. The molecule has 158 valence electrons. The Morgan fingerprint density at radius 3 is 2.37 bits per heavy atom. The van der Waals surface area contributed by atoms with Gasteiger partial charge in [-0.1, -0.05) is 31.4 Å². The molecule has 8 heteroatoms. The van der Waals surface area contributed by atoms with Crippen LogP contribution in [0.3, 0.4) is 0 Å². The van der Waals surface area contributed by atoms with Gasteiger partial charge in [0.05, 0.1) is 5.56 Å². The molecular weight excluding hydrogens is 401 g/mol. The van der Waals surface area contributed by atoms with Gasteiger partial charge in [0.1, 0.15) is 23.2 Å². The van der Waals surface area contributed by atoms with Crippen molar-refractivity contribution < 1.29 is 37.0 Å². The van der Waals surface area contributed by atoms with Crippen molar-refractivity contribution in [2.45, 2.75) is 44.6 Å². The zero-order chi connectivity index (χ0) is 21.3. The molecular formula is C22H19F3O5. The van der Waals surface area contributed by atoms with E-state index in [9.17, 15) is 22.8 Å². The molecule has 0 bridgehead atoms. The Bertz CT molecular complexity index is 946. The van der Waals surface area contributed by atoms with Crippen molar-refractivity contribution in [2.75, 3.05) is 0 Å². The Morgan fingerprint density at radius 2 is 1.70 bits per heavy atom. The molecule has 5 nitrogen and oxygen atoms in total. The van der Waals surface area contributed by atoms with Crippen LogP contribution in [0.15, 0.2) is 42.5 Å². The number of benzene rings is 2. The van der Waals surface area contributed by atoms with Gasteiger partial charge in [0.15, 0.2) is 0 Å². The lowest BCUT2D eigenvalue weighted by atomic mass is 9.82. The first kappa shape index (κ1) is 20.3. The first-order valence-electron chi connectivity index (χ1n) is 9.74. The molecule has 0 radical (unpaired) electrons.